The van der Waals surface area contributed by atoms with Crippen molar-refractivity contribution in [2.45, 2.75) is 6.42 Å². The van der Waals surface area contributed by atoms with Gasteiger partial charge in [-0.05, 0) is 48.0 Å². The van der Waals surface area contributed by atoms with Crippen LogP contribution in [0, 0.1) is 45.3 Å². The molecule has 0 spiro atoms. The van der Waals surface area contributed by atoms with E-state index in [4.69, 9.17) is 0 Å². The summed E-state index contributed by atoms with van der Waals surface area (Å²) in [5, 5.41) is 37.6. The van der Waals surface area contributed by atoms with E-state index in [1.54, 1.807) is 97.1 Å². The molecule has 47 heavy (non-hydrogen) atoms. The van der Waals surface area contributed by atoms with Crippen LogP contribution < -0.4 is 0 Å². The number of nitrogens with zero attached hydrogens (tertiary/aromatic N) is 10. The molecule has 0 aliphatic heterocycles. The summed E-state index contributed by atoms with van der Waals surface area (Å²) in [4.78, 5) is 41.3. The molecular formula is C36H18N10O. The third kappa shape index (κ3) is 6.41. The topological polar surface area (TPSA) is 190 Å². The second kappa shape index (κ2) is 13.0. The number of carbonyl (C=O) groups excluding carboxylic acids is 1. The highest BCUT2D eigenvalue weighted by Gasteiger charge is 2.23. The monoisotopic (exact) mass is 606 g/mol. The Hall–Kier alpha value is -7.47. The molecular weight excluding hydrogens is 588 g/mol. The molecule has 0 bridgehead atoms. The van der Waals surface area contributed by atoms with Crippen molar-refractivity contribution >= 4 is 5.78 Å². The van der Waals surface area contributed by atoms with Gasteiger partial charge in [0.25, 0.3) is 5.78 Å². The molecule has 2 aromatic heterocycles. The zero-order valence-corrected chi connectivity index (χ0v) is 24.3. The fourth-order valence-corrected chi connectivity index (χ4v) is 4.67. The largest absolute Gasteiger partial charge is 0.281 e. The van der Waals surface area contributed by atoms with Crippen LogP contribution in [0.15, 0.2) is 97.1 Å². The summed E-state index contributed by atoms with van der Waals surface area (Å²) in [6.07, 6.45) is 0.165. The zero-order chi connectivity index (χ0) is 32.8. The molecule has 218 valence electrons. The van der Waals surface area contributed by atoms with Gasteiger partial charge >= 0.3 is 0 Å². The lowest BCUT2D eigenvalue weighted by atomic mass is 10.1. The van der Waals surface area contributed by atoms with Crippen LogP contribution in [0.3, 0.4) is 0 Å². The van der Waals surface area contributed by atoms with E-state index < -0.39 is 5.78 Å². The Labute approximate surface area is 268 Å². The lowest BCUT2D eigenvalue weighted by Gasteiger charge is -2.10. The number of ketones is 1. The summed E-state index contributed by atoms with van der Waals surface area (Å²) in [7, 11) is 0. The molecule has 6 rings (SSSR count). The Balaban J connectivity index is 1.55. The number of rotatable bonds is 7. The summed E-state index contributed by atoms with van der Waals surface area (Å²) in [5.74, 6) is -0.731. The molecule has 0 saturated carbocycles. The van der Waals surface area contributed by atoms with Gasteiger partial charge in [-0.1, -0.05) is 54.6 Å². The minimum absolute atomic E-state index is 0.123. The predicted molar refractivity (Wildman–Crippen MR) is 168 cm³/mol. The van der Waals surface area contributed by atoms with Gasteiger partial charge in [-0.15, -0.1) is 0 Å². The number of aromatic nitrogens is 6. The molecule has 0 atom stereocenters. The molecule has 0 aliphatic carbocycles. The van der Waals surface area contributed by atoms with Crippen LogP contribution in [-0.4, -0.2) is 35.7 Å². The van der Waals surface area contributed by atoms with Crippen molar-refractivity contribution in [2.24, 2.45) is 0 Å². The quantitative estimate of drug-likeness (QED) is 0.204. The predicted octanol–water partition coefficient (Wildman–Crippen LogP) is 5.64. The van der Waals surface area contributed by atoms with Gasteiger partial charge in [0.2, 0.25) is 11.6 Å². The van der Waals surface area contributed by atoms with E-state index in [0.29, 0.717) is 38.9 Å². The Morgan fingerprint density at radius 2 is 0.851 bits per heavy atom. The van der Waals surface area contributed by atoms with E-state index in [-0.39, 0.29) is 41.4 Å². The van der Waals surface area contributed by atoms with Crippen molar-refractivity contribution in [3.8, 4) is 69.8 Å². The summed E-state index contributed by atoms with van der Waals surface area (Å²) in [5.41, 5.74) is 3.81. The van der Waals surface area contributed by atoms with E-state index in [0.717, 1.165) is 5.56 Å². The number of benzene rings is 4. The second-order valence-electron chi connectivity index (χ2n) is 10.1. The highest BCUT2D eigenvalue weighted by molar-refractivity contribution is 6.04. The fourth-order valence-electron chi connectivity index (χ4n) is 4.67. The first kappa shape index (κ1) is 29.6. The Morgan fingerprint density at radius 1 is 0.489 bits per heavy atom. The summed E-state index contributed by atoms with van der Waals surface area (Å²) >= 11 is 0. The molecule has 11 nitrogen and oxygen atoms in total. The van der Waals surface area contributed by atoms with Crippen molar-refractivity contribution in [3.05, 3.63) is 131 Å². The van der Waals surface area contributed by atoms with Crippen LogP contribution in [0.2, 0.25) is 0 Å². The third-order valence-corrected chi connectivity index (χ3v) is 6.89. The van der Waals surface area contributed by atoms with Crippen molar-refractivity contribution in [2.75, 3.05) is 0 Å². The lowest BCUT2D eigenvalue weighted by molar-refractivity contribution is 0.101. The Bertz CT molecular complexity index is 2300. The number of carbonyl (C=O) groups is 1. The number of nitriles is 4. The summed E-state index contributed by atoms with van der Waals surface area (Å²) < 4.78 is 0. The second-order valence-corrected chi connectivity index (χ2v) is 10.1. The van der Waals surface area contributed by atoms with E-state index in [1.807, 2.05) is 0 Å². The van der Waals surface area contributed by atoms with E-state index >= 15 is 0 Å². The van der Waals surface area contributed by atoms with Crippen LogP contribution in [0.25, 0.3) is 45.6 Å². The highest BCUT2D eigenvalue weighted by atomic mass is 16.1. The van der Waals surface area contributed by atoms with Gasteiger partial charge in [-0.25, -0.2) is 29.9 Å². The standard InChI is InChI=1S/C36H18N10O/c37-14-13-22-5-1-9-26(15-22)31-41-32(27-10-2-6-23(16-27)19-38)44-35(43-31)30(47)36-45-33(28-11-3-7-24(17-28)20-39)42-34(46-36)29-12-4-8-25(18-29)21-40/h1-12,15-18H,13H2. The average molecular weight is 607 g/mol. The SMILES string of the molecule is N#CCc1cccc(-c2nc(C(=O)c3nc(-c4cccc(C#N)c4)nc(-c4cccc(C#N)c4)n3)nc(-c3cccc(C#N)c3)n2)c1. The van der Waals surface area contributed by atoms with Crippen LogP contribution >= 0.6 is 0 Å². The van der Waals surface area contributed by atoms with Gasteiger partial charge in [-0.2, -0.15) is 21.0 Å². The maximum Gasteiger partial charge on any atom is 0.267 e. The van der Waals surface area contributed by atoms with Gasteiger partial charge < -0.3 is 0 Å². The summed E-state index contributed by atoms with van der Waals surface area (Å²) in [6.45, 7) is 0. The molecule has 4 aromatic carbocycles. The first-order valence-corrected chi connectivity index (χ1v) is 14.0. The van der Waals surface area contributed by atoms with Crippen LogP contribution in [0.5, 0.6) is 0 Å². The highest BCUT2D eigenvalue weighted by Crippen LogP contribution is 2.25. The van der Waals surface area contributed by atoms with Gasteiger partial charge in [0.15, 0.2) is 23.3 Å². The molecule has 0 fully saturated rings. The van der Waals surface area contributed by atoms with E-state index in [1.165, 1.54) is 0 Å². The number of hydrogen-bond acceptors (Lipinski definition) is 11. The van der Waals surface area contributed by atoms with Gasteiger partial charge in [0.05, 0.1) is 47.4 Å². The van der Waals surface area contributed by atoms with Crippen LogP contribution in [0.1, 0.15) is 38.7 Å². The van der Waals surface area contributed by atoms with E-state index in [9.17, 15) is 25.8 Å². The first-order chi connectivity index (χ1) is 23.0. The van der Waals surface area contributed by atoms with Crippen LogP contribution in [-0.2, 0) is 6.42 Å². The molecule has 0 amide bonds. The first-order valence-electron chi connectivity index (χ1n) is 14.0. The molecule has 0 aliphatic rings. The maximum atomic E-state index is 14.2. The van der Waals surface area contributed by atoms with Gasteiger partial charge in [-0.3, -0.25) is 4.79 Å². The normalized spacial score (nSPS) is 10.2. The van der Waals surface area contributed by atoms with Crippen molar-refractivity contribution < 1.29 is 4.79 Å². The molecule has 11 heteroatoms. The van der Waals surface area contributed by atoms with Gasteiger partial charge in [0.1, 0.15) is 0 Å². The lowest BCUT2D eigenvalue weighted by Crippen LogP contribution is -2.15. The van der Waals surface area contributed by atoms with Crippen molar-refractivity contribution in [1.82, 2.24) is 29.9 Å². The molecule has 0 radical (unpaired) electrons. The number of hydrogen-bond donors (Lipinski definition) is 0. The molecule has 6 aromatic rings. The molecule has 2 heterocycles. The maximum absolute atomic E-state index is 14.2. The molecule has 0 unspecified atom stereocenters. The van der Waals surface area contributed by atoms with Crippen molar-refractivity contribution in [3.63, 3.8) is 0 Å². The summed E-state index contributed by atoms with van der Waals surface area (Å²) in [6, 6.07) is 35.3. The Morgan fingerprint density at radius 3 is 1.21 bits per heavy atom. The van der Waals surface area contributed by atoms with Crippen LogP contribution in [0.4, 0.5) is 0 Å². The minimum atomic E-state index is -0.739. The molecule has 0 saturated heterocycles. The van der Waals surface area contributed by atoms with Crippen molar-refractivity contribution in [1.29, 1.82) is 21.0 Å². The average Bonchev–Trinajstić information content (AvgIpc) is 3.14. The smallest absolute Gasteiger partial charge is 0.267 e. The Kier molecular flexibility index (Phi) is 8.21. The third-order valence-electron chi connectivity index (χ3n) is 6.89. The minimum Gasteiger partial charge on any atom is -0.281 e. The molecule has 0 N–H and O–H groups in total. The van der Waals surface area contributed by atoms with E-state index in [2.05, 4.69) is 54.2 Å². The zero-order valence-electron chi connectivity index (χ0n) is 24.3. The van der Waals surface area contributed by atoms with Gasteiger partial charge in [0, 0.05) is 22.3 Å². The fraction of sp³-hybridized carbons (Fsp3) is 0.0278.